The van der Waals surface area contributed by atoms with E-state index in [1.807, 2.05) is 61.5 Å². The molecular weight excluding hydrogens is 286 g/mol. The molecule has 0 saturated carbocycles. The average molecular weight is 300 g/mol. The largest absolute Gasteiger partial charge is 0.416 e. The molecule has 3 rings (SSSR count). The van der Waals surface area contributed by atoms with Crippen molar-refractivity contribution in [3.05, 3.63) is 53.6 Å². The van der Waals surface area contributed by atoms with Crippen LogP contribution in [0.15, 0.2) is 52.9 Å². The van der Waals surface area contributed by atoms with Crippen molar-refractivity contribution >= 4 is 17.3 Å². The average Bonchev–Trinajstić information content (AvgIpc) is 2.97. The van der Waals surface area contributed by atoms with Crippen molar-refractivity contribution in [2.24, 2.45) is 0 Å². The normalized spacial score (nSPS) is 10.6. The van der Waals surface area contributed by atoms with Gasteiger partial charge in [-0.05, 0) is 30.3 Å². The molecular formula is C16H14ClN3O. The van der Waals surface area contributed by atoms with E-state index in [2.05, 4.69) is 10.2 Å². The first-order chi connectivity index (χ1) is 10.1. The quantitative estimate of drug-likeness (QED) is 0.729. The van der Waals surface area contributed by atoms with Crippen LogP contribution in [-0.4, -0.2) is 24.3 Å². The summed E-state index contributed by atoms with van der Waals surface area (Å²) in [7, 11) is 3.98. The SMILES string of the molecule is CN(C)c1cccc(-c2nnc(-c3ccccc3Cl)o2)c1. The van der Waals surface area contributed by atoms with E-state index < -0.39 is 0 Å². The highest BCUT2D eigenvalue weighted by Gasteiger charge is 2.13. The molecule has 0 spiro atoms. The summed E-state index contributed by atoms with van der Waals surface area (Å²) >= 11 is 6.15. The number of nitrogens with zero attached hydrogens (tertiary/aromatic N) is 3. The minimum atomic E-state index is 0.422. The third-order valence-electron chi connectivity index (χ3n) is 3.14. The fourth-order valence-electron chi connectivity index (χ4n) is 2.00. The Morgan fingerprint density at radius 3 is 2.48 bits per heavy atom. The van der Waals surface area contributed by atoms with Gasteiger partial charge in [0.25, 0.3) is 0 Å². The van der Waals surface area contributed by atoms with E-state index in [9.17, 15) is 0 Å². The molecule has 21 heavy (non-hydrogen) atoms. The summed E-state index contributed by atoms with van der Waals surface area (Å²) in [6.45, 7) is 0. The van der Waals surface area contributed by atoms with Gasteiger partial charge in [-0.3, -0.25) is 0 Å². The summed E-state index contributed by atoms with van der Waals surface area (Å²) in [4.78, 5) is 2.02. The van der Waals surface area contributed by atoms with Gasteiger partial charge in [0.1, 0.15) is 0 Å². The van der Waals surface area contributed by atoms with Crippen molar-refractivity contribution in [1.29, 1.82) is 0 Å². The topological polar surface area (TPSA) is 42.2 Å². The van der Waals surface area contributed by atoms with Crippen LogP contribution in [0.5, 0.6) is 0 Å². The summed E-state index contributed by atoms with van der Waals surface area (Å²) in [6, 6.07) is 15.3. The molecule has 0 atom stereocenters. The van der Waals surface area contributed by atoms with E-state index in [1.165, 1.54) is 0 Å². The van der Waals surface area contributed by atoms with Gasteiger partial charge in [0.05, 0.1) is 10.6 Å². The smallest absolute Gasteiger partial charge is 0.249 e. The van der Waals surface area contributed by atoms with E-state index in [0.29, 0.717) is 16.8 Å². The maximum atomic E-state index is 6.15. The van der Waals surface area contributed by atoms with E-state index in [4.69, 9.17) is 16.0 Å². The van der Waals surface area contributed by atoms with Gasteiger partial charge in [-0.2, -0.15) is 0 Å². The Hall–Kier alpha value is -2.33. The van der Waals surface area contributed by atoms with Crippen LogP contribution in [-0.2, 0) is 0 Å². The van der Waals surface area contributed by atoms with Crippen molar-refractivity contribution in [3.8, 4) is 22.9 Å². The van der Waals surface area contributed by atoms with Crippen molar-refractivity contribution in [3.63, 3.8) is 0 Å². The van der Waals surface area contributed by atoms with E-state index in [-0.39, 0.29) is 0 Å². The second-order valence-electron chi connectivity index (χ2n) is 4.84. The fourth-order valence-corrected chi connectivity index (χ4v) is 2.22. The predicted molar refractivity (Wildman–Crippen MR) is 84.5 cm³/mol. The van der Waals surface area contributed by atoms with Gasteiger partial charge >= 0.3 is 0 Å². The first-order valence-electron chi connectivity index (χ1n) is 6.51. The van der Waals surface area contributed by atoms with Gasteiger partial charge in [0.15, 0.2) is 0 Å². The molecule has 0 aliphatic rings. The lowest BCUT2D eigenvalue weighted by molar-refractivity contribution is 0.584. The number of rotatable bonds is 3. The number of aromatic nitrogens is 2. The van der Waals surface area contributed by atoms with Crippen LogP contribution in [0.2, 0.25) is 5.02 Å². The lowest BCUT2D eigenvalue weighted by atomic mass is 10.2. The molecule has 106 valence electrons. The first-order valence-corrected chi connectivity index (χ1v) is 6.89. The highest BCUT2D eigenvalue weighted by molar-refractivity contribution is 6.33. The van der Waals surface area contributed by atoms with Gasteiger partial charge in [0, 0.05) is 25.3 Å². The standard InChI is InChI=1S/C16H14ClN3O/c1-20(2)12-7-5-6-11(10-12)15-18-19-16(21-15)13-8-3-4-9-14(13)17/h3-10H,1-2H3. The minimum absolute atomic E-state index is 0.422. The van der Waals surface area contributed by atoms with Gasteiger partial charge in [-0.15, -0.1) is 10.2 Å². The monoisotopic (exact) mass is 299 g/mol. The highest BCUT2D eigenvalue weighted by atomic mass is 35.5. The molecule has 0 aliphatic heterocycles. The number of hydrogen-bond donors (Lipinski definition) is 0. The van der Waals surface area contributed by atoms with Crippen molar-refractivity contribution in [1.82, 2.24) is 10.2 Å². The second-order valence-corrected chi connectivity index (χ2v) is 5.24. The zero-order chi connectivity index (χ0) is 14.8. The zero-order valence-corrected chi connectivity index (χ0v) is 12.5. The minimum Gasteiger partial charge on any atom is -0.416 e. The second kappa shape index (κ2) is 5.58. The molecule has 1 aromatic heterocycles. The summed E-state index contributed by atoms with van der Waals surface area (Å²) in [5, 5.41) is 8.79. The van der Waals surface area contributed by atoms with Crippen molar-refractivity contribution in [2.45, 2.75) is 0 Å². The maximum Gasteiger partial charge on any atom is 0.249 e. The zero-order valence-electron chi connectivity index (χ0n) is 11.7. The molecule has 4 nitrogen and oxygen atoms in total. The first kappa shape index (κ1) is 13.6. The summed E-state index contributed by atoms with van der Waals surface area (Å²) < 4.78 is 5.75. The van der Waals surface area contributed by atoms with Crippen LogP contribution in [0.25, 0.3) is 22.9 Å². The van der Waals surface area contributed by atoms with Crippen LogP contribution in [0.3, 0.4) is 0 Å². The maximum absolute atomic E-state index is 6.15. The number of hydrogen-bond acceptors (Lipinski definition) is 4. The van der Waals surface area contributed by atoms with Crippen molar-refractivity contribution < 1.29 is 4.42 Å². The van der Waals surface area contributed by atoms with E-state index in [0.717, 1.165) is 16.8 Å². The highest BCUT2D eigenvalue weighted by Crippen LogP contribution is 2.29. The number of benzene rings is 2. The Labute approximate surface area is 128 Å². The number of anilines is 1. The van der Waals surface area contributed by atoms with Gasteiger partial charge in [-0.25, -0.2) is 0 Å². The third-order valence-corrected chi connectivity index (χ3v) is 3.47. The summed E-state index contributed by atoms with van der Waals surface area (Å²) in [5.41, 5.74) is 2.69. The van der Waals surface area contributed by atoms with E-state index in [1.54, 1.807) is 6.07 Å². The Kier molecular flexibility index (Phi) is 3.62. The molecule has 5 heteroatoms. The van der Waals surface area contributed by atoms with Crippen LogP contribution in [0.4, 0.5) is 5.69 Å². The molecule has 0 radical (unpaired) electrons. The van der Waals surface area contributed by atoms with Crippen LogP contribution in [0.1, 0.15) is 0 Å². The van der Waals surface area contributed by atoms with Gasteiger partial charge < -0.3 is 9.32 Å². The Morgan fingerprint density at radius 1 is 0.952 bits per heavy atom. The number of halogens is 1. The fraction of sp³-hybridized carbons (Fsp3) is 0.125. The summed E-state index contributed by atoms with van der Waals surface area (Å²) in [6.07, 6.45) is 0. The molecule has 0 unspecified atom stereocenters. The van der Waals surface area contributed by atoms with E-state index >= 15 is 0 Å². The molecule has 0 bridgehead atoms. The molecule has 0 saturated heterocycles. The lowest BCUT2D eigenvalue weighted by Crippen LogP contribution is -2.08. The van der Waals surface area contributed by atoms with Gasteiger partial charge in [-0.1, -0.05) is 29.8 Å². The van der Waals surface area contributed by atoms with Crippen molar-refractivity contribution in [2.75, 3.05) is 19.0 Å². The predicted octanol–water partition coefficient (Wildman–Crippen LogP) is 4.12. The molecule has 1 heterocycles. The molecule has 0 aliphatic carbocycles. The molecule has 2 aromatic carbocycles. The Balaban J connectivity index is 1.99. The van der Waals surface area contributed by atoms with Gasteiger partial charge in [0.2, 0.25) is 11.8 Å². The Morgan fingerprint density at radius 2 is 1.71 bits per heavy atom. The molecule has 0 amide bonds. The third kappa shape index (κ3) is 2.76. The summed E-state index contributed by atoms with van der Waals surface area (Å²) in [5.74, 6) is 0.902. The Bertz CT molecular complexity index is 767. The molecule has 3 aromatic rings. The lowest BCUT2D eigenvalue weighted by Gasteiger charge is -2.12. The van der Waals surface area contributed by atoms with Crippen LogP contribution < -0.4 is 4.90 Å². The molecule has 0 fully saturated rings. The molecule has 0 N–H and O–H groups in total. The van der Waals surface area contributed by atoms with Crippen LogP contribution >= 0.6 is 11.6 Å². The van der Waals surface area contributed by atoms with Crippen LogP contribution in [0, 0.1) is 0 Å².